The second kappa shape index (κ2) is 26.3. The maximum atomic E-state index is 13.8. The molecule has 2 heterocycles. The summed E-state index contributed by atoms with van der Waals surface area (Å²) >= 11 is 0. The second-order valence-electron chi connectivity index (χ2n) is 15.2. The lowest BCUT2D eigenvalue weighted by Gasteiger charge is -2.46. The molecule has 2 rings (SSSR count). The van der Waals surface area contributed by atoms with Gasteiger partial charge in [-0.1, -0.05) is 96.4 Å². The van der Waals surface area contributed by atoms with Crippen LogP contribution in [0.3, 0.4) is 0 Å². The largest absolute Gasteiger partial charge is 0.462 e. The quantitative estimate of drug-likeness (QED) is 0.219. The Hall–Kier alpha value is -1.50. The van der Waals surface area contributed by atoms with Crippen molar-refractivity contribution in [3.8, 4) is 11.8 Å². The van der Waals surface area contributed by atoms with Crippen LogP contribution in [0.15, 0.2) is 4.99 Å². The van der Waals surface area contributed by atoms with Gasteiger partial charge >= 0.3 is 5.97 Å². The number of carbonyl (C=O) groups excluding carboxylic acids is 1. The van der Waals surface area contributed by atoms with Crippen LogP contribution in [0.5, 0.6) is 0 Å². The highest BCUT2D eigenvalue weighted by atomic mass is 16.7. The third-order valence-electron chi connectivity index (χ3n) is 10.6. The maximum Gasteiger partial charge on any atom is 0.311 e. The Labute approximate surface area is 316 Å². The van der Waals surface area contributed by atoms with Gasteiger partial charge in [0.15, 0.2) is 6.29 Å². The molecule has 2 N–H and O–H groups in total. The summed E-state index contributed by atoms with van der Waals surface area (Å²) in [6.07, 6.45) is 0.357. The van der Waals surface area contributed by atoms with Crippen molar-refractivity contribution >= 4 is 11.7 Å². The predicted octanol–water partition coefficient (Wildman–Crippen LogP) is 9.91. The Morgan fingerprint density at radius 1 is 0.882 bits per heavy atom. The van der Waals surface area contributed by atoms with Gasteiger partial charge in [0.25, 0.3) is 0 Å². The number of aliphatic imine (C=N–C) groups is 1. The summed E-state index contributed by atoms with van der Waals surface area (Å²) in [6, 6.07) is 0. The predicted molar refractivity (Wildman–Crippen MR) is 216 cm³/mol. The van der Waals surface area contributed by atoms with Crippen LogP contribution in [-0.2, 0) is 23.7 Å². The van der Waals surface area contributed by atoms with E-state index in [1.165, 1.54) is 6.42 Å². The standard InChI is InChI=1S/C32H59NO7.C4H6.C3H8.2C2H6/c1-14-24-30(8,9)22(6)20(4)26(33-12)18(2)15-31(10,36)16-19(3)27(21(5)29(35)39-24)40-25-17-32(11,37-13)28(34)23(7)38-25;1-3-4-2;1-3-2;2*1-2/h18-25,27-28,34,36H,14-17H2,1-13H3;1-2H3;3H2,1-2H3;2*1-2H3/t18-,19-,20?,21-,22?,23?,24-,25+,27+,28+,31-,32-;;;;/m1..../s1. The number of methoxy groups -OCH3 is 1. The number of carbonyl (C=O) groups is 1. The van der Waals surface area contributed by atoms with Crippen molar-refractivity contribution in [1.82, 2.24) is 0 Å². The summed E-state index contributed by atoms with van der Waals surface area (Å²) in [5.41, 5.74) is -1.09. The summed E-state index contributed by atoms with van der Waals surface area (Å²) in [4.78, 5) is 18.5. The van der Waals surface area contributed by atoms with Gasteiger partial charge in [-0.15, -0.1) is 11.8 Å². The molecule has 0 radical (unpaired) electrons. The first-order valence-corrected chi connectivity index (χ1v) is 19.9. The molecule has 8 heteroatoms. The Morgan fingerprint density at radius 3 is 1.78 bits per heavy atom. The minimum atomic E-state index is -1.01. The average molecular weight is 728 g/mol. The molecule has 0 amide bonds. The lowest BCUT2D eigenvalue weighted by molar-refractivity contribution is -0.296. The fraction of sp³-hybridized carbons (Fsp3) is 0.907. The smallest absolute Gasteiger partial charge is 0.311 e. The molecule has 0 aliphatic carbocycles. The minimum Gasteiger partial charge on any atom is -0.462 e. The third kappa shape index (κ3) is 16.6. The Kier molecular flexibility index (Phi) is 27.8. The summed E-state index contributed by atoms with van der Waals surface area (Å²) in [7, 11) is 3.41. The van der Waals surface area contributed by atoms with Gasteiger partial charge in [0.1, 0.15) is 12.2 Å². The molecule has 2 saturated heterocycles. The normalized spacial score (nSPS) is 37.7. The lowest BCUT2D eigenvalue weighted by Crippen LogP contribution is -2.57. The van der Waals surface area contributed by atoms with Crippen LogP contribution < -0.4 is 0 Å². The van der Waals surface area contributed by atoms with Crippen molar-refractivity contribution in [3.63, 3.8) is 0 Å². The highest BCUT2D eigenvalue weighted by Crippen LogP contribution is 2.42. The number of ether oxygens (including phenoxy) is 4. The van der Waals surface area contributed by atoms with Gasteiger partial charge in [-0.25, -0.2) is 0 Å². The van der Waals surface area contributed by atoms with Crippen LogP contribution in [0.1, 0.15) is 164 Å². The topological polar surface area (TPSA) is 107 Å². The minimum absolute atomic E-state index is 0.0780. The number of cyclic esters (lactones) is 1. The second-order valence-corrected chi connectivity index (χ2v) is 15.2. The van der Waals surface area contributed by atoms with E-state index in [-0.39, 0.29) is 41.2 Å². The van der Waals surface area contributed by atoms with Crippen molar-refractivity contribution < 1.29 is 34.0 Å². The first-order valence-electron chi connectivity index (χ1n) is 19.9. The Balaban J connectivity index is -0.00000186. The van der Waals surface area contributed by atoms with Crippen molar-refractivity contribution in [2.45, 2.75) is 206 Å². The summed E-state index contributed by atoms with van der Waals surface area (Å²) in [6.45, 7) is 38.2. The highest BCUT2D eigenvalue weighted by molar-refractivity contribution is 5.88. The molecule has 0 aromatic carbocycles. The number of hydrogen-bond donors (Lipinski definition) is 2. The number of esters is 1. The van der Waals surface area contributed by atoms with Crippen LogP contribution in [0.2, 0.25) is 0 Å². The summed E-state index contributed by atoms with van der Waals surface area (Å²) < 4.78 is 24.6. The third-order valence-corrected chi connectivity index (χ3v) is 10.6. The molecule has 3 unspecified atom stereocenters. The molecular weight excluding hydrogens is 642 g/mol. The van der Waals surface area contributed by atoms with E-state index in [0.29, 0.717) is 25.7 Å². The van der Waals surface area contributed by atoms with Crippen molar-refractivity contribution in [2.75, 3.05) is 14.2 Å². The molecule has 2 aliphatic heterocycles. The zero-order valence-electron chi connectivity index (χ0n) is 37.2. The SMILES string of the molecule is CC.CC.CC#CC.CCC.CC[C@H]1OC(=O)[C@H](C)[C@@H](O[C@H]2C[C@@](C)(OC)[C@@H](O)C(C)O2)[C@H](C)C[C@](C)(O)C[C@@H](C)C(=NC)C(C)C(C)C1(C)C. The van der Waals surface area contributed by atoms with E-state index in [1.807, 2.05) is 76.3 Å². The van der Waals surface area contributed by atoms with Crippen LogP contribution >= 0.6 is 0 Å². The van der Waals surface area contributed by atoms with E-state index in [2.05, 4.69) is 67.2 Å². The number of aliphatic hydroxyl groups is 2. The highest BCUT2D eigenvalue weighted by Gasteiger charge is 2.48. The number of aliphatic hydroxyl groups excluding tert-OH is 1. The van der Waals surface area contributed by atoms with Crippen LogP contribution in [0, 0.1) is 46.8 Å². The molecule has 12 atom stereocenters. The van der Waals surface area contributed by atoms with Crippen LogP contribution in [0.25, 0.3) is 0 Å². The molecule has 0 saturated carbocycles. The zero-order valence-corrected chi connectivity index (χ0v) is 37.2. The number of rotatable bonds is 4. The van der Waals surface area contributed by atoms with E-state index >= 15 is 0 Å². The molecular formula is C43H85NO7. The van der Waals surface area contributed by atoms with Gasteiger partial charge in [-0.2, -0.15) is 0 Å². The van der Waals surface area contributed by atoms with Gasteiger partial charge < -0.3 is 29.2 Å². The van der Waals surface area contributed by atoms with Gasteiger partial charge in [-0.3, -0.25) is 9.79 Å². The molecule has 8 nitrogen and oxygen atoms in total. The van der Waals surface area contributed by atoms with Gasteiger partial charge in [0, 0.05) is 31.7 Å². The zero-order chi connectivity index (χ0) is 40.9. The fourth-order valence-electron chi connectivity index (χ4n) is 7.38. The average Bonchev–Trinajstić information content (AvgIpc) is 3.09. The van der Waals surface area contributed by atoms with Crippen LogP contribution in [-0.4, -0.2) is 78.0 Å². The molecule has 304 valence electrons. The molecule has 0 aromatic heterocycles. The molecule has 0 bridgehead atoms. The maximum absolute atomic E-state index is 13.8. The Morgan fingerprint density at radius 2 is 1.37 bits per heavy atom. The van der Waals surface area contributed by atoms with Crippen molar-refractivity contribution in [2.24, 2.45) is 40.0 Å². The first-order chi connectivity index (χ1) is 23.7. The summed E-state index contributed by atoms with van der Waals surface area (Å²) in [5.74, 6) is 4.66. The summed E-state index contributed by atoms with van der Waals surface area (Å²) in [5, 5.41) is 22.3. The van der Waals surface area contributed by atoms with E-state index in [1.54, 1.807) is 14.0 Å². The Bertz CT molecular complexity index is 1010. The van der Waals surface area contributed by atoms with E-state index in [0.717, 1.165) is 5.71 Å². The molecule has 2 aliphatic rings. The van der Waals surface area contributed by atoms with Gasteiger partial charge in [0.05, 0.1) is 29.3 Å². The molecule has 2 fully saturated rings. The van der Waals surface area contributed by atoms with E-state index in [4.69, 9.17) is 23.9 Å². The van der Waals surface area contributed by atoms with E-state index in [9.17, 15) is 15.0 Å². The molecule has 51 heavy (non-hydrogen) atoms. The molecule has 0 aromatic rings. The molecule has 0 spiro atoms. The van der Waals surface area contributed by atoms with E-state index < -0.39 is 41.7 Å². The number of hydrogen-bond acceptors (Lipinski definition) is 8. The van der Waals surface area contributed by atoms with Crippen molar-refractivity contribution in [1.29, 1.82) is 0 Å². The lowest BCUT2D eigenvalue weighted by atomic mass is 9.66. The van der Waals surface area contributed by atoms with Gasteiger partial charge in [-0.05, 0) is 84.5 Å². The first kappa shape index (κ1) is 53.8. The fourth-order valence-corrected chi connectivity index (χ4v) is 7.38. The van der Waals surface area contributed by atoms with Crippen LogP contribution in [0.4, 0.5) is 0 Å². The van der Waals surface area contributed by atoms with Gasteiger partial charge in [0.2, 0.25) is 0 Å². The van der Waals surface area contributed by atoms with Crippen molar-refractivity contribution in [3.05, 3.63) is 0 Å². The number of nitrogens with zero attached hydrogens (tertiary/aromatic N) is 1. The monoisotopic (exact) mass is 728 g/mol.